The van der Waals surface area contributed by atoms with Gasteiger partial charge in [-0.15, -0.1) is 0 Å². The minimum atomic E-state index is -0.781. The number of rotatable bonds is 2. The topological polar surface area (TPSA) is 71.6 Å². The average molecular weight is 277 g/mol. The Balaban J connectivity index is 1.63. The lowest BCUT2D eigenvalue weighted by atomic mass is 9.79. The lowest BCUT2D eigenvalue weighted by Gasteiger charge is -2.41. The van der Waals surface area contributed by atoms with Gasteiger partial charge in [-0.25, -0.2) is 0 Å². The lowest BCUT2D eigenvalue weighted by Crippen LogP contribution is -2.47. The number of morpholine rings is 1. The van der Waals surface area contributed by atoms with Gasteiger partial charge in [0.25, 0.3) is 0 Å². The number of nitrogens with two attached hydrogens (primary N) is 1. The third-order valence-corrected chi connectivity index (χ3v) is 4.61. The van der Waals surface area contributed by atoms with Crippen LogP contribution in [0.2, 0.25) is 0 Å². The van der Waals surface area contributed by atoms with E-state index >= 15 is 0 Å². The van der Waals surface area contributed by atoms with E-state index in [0.717, 1.165) is 57.7 Å². The first-order chi connectivity index (χ1) is 9.67. The molecule has 0 unspecified atom stereocenters. The van der Waals surface area contributed by atoms with Crippen molar-refractivity contribution in [3.8, 4) is 0 Å². The average Bonchev–Trinajstić information content (AvgIpc) is 2.49. The summed E-state index contributed by atoms with van der Waals surface area (Å²) in [4.78, 5) is 6.80. The summed E-state index contributed by atoms with van der Waals surface area (Å²) in [6.45, 7) is 3.70. The highest BCUT2D eigenvalue weighted by atomic mass is 16.5. The summed E-state index contributed by atoms with van der Waals surface area (Å²) < 4.78 is 5.40. The molecule has 2 aliphatic rings. The number of nitrogens with zero attached hydrogens (tertiary/aromatic N) is 2. The molecule has 20 heavy (non-hydrogen) atoms. The van der Waals surface area contributed by atoms with E-state index in [1.807, 2.05) is 12.1 Å². The number of ether oxygens (including phenoxy) is 1. The number of aromatic nitrogens is 1. The second-order valence-electron chi connectivity index (χ2n) is 5.89. The van der Waals surface area contributed by atoms with E-state index < -0.39 is 5.60 Å². The van der Waals surface area contributed by atoms with Crippen molar-refractivity contribution in [1.82, 2.24) is 9.88 Å². The monoisotopic (exact) mass is 277 g/mol. The van der Waals surface area contributed by atoms with Crippen LogP contribution in [0.5, 0.6) is 0 Å². The maximum absolute atomic E-state index is 10.8. The van der Waals surface area contributed by atoms with Crippen molar-refractivity contribution in [2.45, 2.75) is 37.3 Å². The SMILES string of the molecule is Nc1ccc([C@]2(O)CC[C@@H](N3CCOCC3)CC2)nc1. The number of hydrogen-bond acceptors (Lipinski definition) is 5. The lowest BCUT2D eigenvalue weighted by molar-refractivity contribution is -0.0469. The molecule has 1 saturated heterocycles. The molecule has 0 amide bonds. The highest BCUT2D eigenvalue weighted by Gasteiger charge is 2.37. The van der Waals surface area contributed by atoms with E-state index in [1.54, 1.807) is 6.20 Å². The largest absolute Gasteiger partial charge is 0.397 e. The van der Waals surface area contributed by atoms with Crippen molar-refractivity contribution in [1.29, 1.82) is 0 Å². The van der Waals surface area contributed by atoms with Gasteiger partial charge in [-0.1, -0.05) is 0 Å². The van der Waals surface area contributed by atoms with Gasteiger partial charge in [-0.2, -0.15) is 0 Å². The van der Waals surface area contributed by atoms with E-state index in [4.69, 9.17) is 10.5 Å². The van der Waals surface area contributed by atoms with Gasteiger partial charge in [0, 0.05) is 19.1 Å². The van der Waals surface area contributed by atoms with Crippen molar-refractivity contribution in [3.05, 3.63) is 24.0 Å². The third kappa shape index (κ3) is 2.80. The van der Waals surface area contributed by atoms with Crippen LogP contribution in [0.25, 0.3) is 0 Å². The standard InChI is InChI=1S/C15H23N3O2/c16-12-1-2-14(17-11-12)15(19)5-3-13(4-6-15)18-7-9-20-10-8-18/h1-2,11,13,19H,3-10,16H2/t13-,15+. The summed E-state index contributed by atoms with van der Waals surface area (Å²) in [6, 6.07) is 4.24. The maximum Gasteiger partial charge on any atom is 0.107 e. The van der Waals surface area contributed by atoms with Gasteiger partial charge in [0.2, 0.25) is 0 Å². The molecule has 1 aromatic rings. The van der Waals surface area contributed by atoms with Gasteiger partial charge >= 0.3 is 0 Å². The summed E-state index contributed by atoms with van der Waals surface area (Å²) in [7, 11) is 0. The van der Waals surface area contributed by atoms with Crippen LogP contribution in [0.3, 0.4) is 0 Å². The summed E-state index contributed by atoms with van der Waals surface area (Å²) >= 11 is 0. The van der Waals surface area contributed by atoms with Crippen LogP contribution in [0, 0.1) is 0 Å². The van der Waals surface area contributed by atoms with E-state index in [-0.39, 0.29) is 0 Å². The highest BCUT2D eigenvalue weighted by Crippen LogP contribution is 2.37. The van der Waals surface area contributed by atoms with Crippen LogP contribution < -0.4 is 5.73 Å². The van der Waals surface area contributed by atoms with Crippen molar-refractivity contribution in [2.75, 3.05) is 32.0 Å². The Hall–Kier alpha value is -1.17. The fourth-order valence-electron chi connectivity index (χ4n) is 3.32. The minimum absolute atomic E-state index is 0.577. The first-order valence-corrected chi connectivity index (χ1v) is 7.44. The summed E-state index contributed by atoms with van der Waals surface area (Å²) in [6.07, 6.45) is 5.20. The summed E-state index contributed by atoms with van der Waals surface area (Å²) in [5.41, 5.74) is 6.27. The van der Waals surface area contributed by atoms with E-state index in [0.29, 0.717) is 11.7 Å². The minimum Gasteiger partial charge on any atom is -0.397 e. The molecular weight excluding hydrogens is 254 g/mol. The molecule has 1 saturated carbocycles. The van der Waals surface area contributed by atoms with Crippen molar-refractivity contribution >= 4 is 5.69 Å². The zero-order valence-corrected chi connectivity index (χ0v) is 11.8. The summed E-state index contributed by atoms with van der Waals surface area (Å²) in [5, 5.41) is 10.8. The number of anilines is 1. The Morgan fingerprint density at radius 1 is 1.25 bits per heavy atom. The van der Waals surface area contributed by atoms with Gasteiger partial charge in [0.15, 0.2) is 0 Å². The number of aliphatic hydroxyl groups is 1. The molecule has 2 fully saturated rings. The second-order valence-corrected chi connectivity index (χ2v) is 5.89. The van der Waals surface area contributed by atoms with Crippen molar-refractivity contribution in [2.24, 2.45) is 0 Å². The number of pyridine rings is 1. The molecule has 0 spiro atoms. The van der Waals surface area contributed by atoms with Crippen LogP contribution in [0.4, 0.5) is 5.69 Å². The molecule has 0 radical (unpaired) electrons. The molecular formula is C15H23N3O2. The highest BCUT2D eigenvalue weighted by molar-refractivity contribution is 5.35. The van der Waals surface area contributed by atoms with Crippen LogP contribution >= 0.6 is 0 Å². The van der Waals surface area contributed by atoms with Gasteiger partial charge in [0.05, 0.1) is 30.8 Å². The van der Waals surface area contributed by atoms with Crippen molar-refractivity contribution in [3.63, 3.8) is 0 Å². The van der Waals surface area contributed by atoms with Crippen molar-refractivity contribution < 1.29 is 9.84 Å². The molecule has 1 aromatic heterocycles. The molecule has 3 rings (SSSR count). The van der Waals surface area contributed by atoms with E-state index in [9.17, 15) is 5.11 Å². The quantitative estimate of drug-likeness (QED) is 0.848. The Bertz CT molecular complexity index is 435. The van der Waals surface area contributed by atoms with E-state index in [2.05, 4.69) is 9.88 Å². The van der Waals surface area contributed by atoms with Gasteiger partial charge in [0.1, 0.15) is 5.60 Å². The molecule has 5 nitrogen and oxygen atoms in total. The van der Waals surface area contributed by atoms with Crippen LogP contribution in [0.1, 0.15) is 31.4 Å². The van der Waals surface area contributed by atoms with Crippen LogP contribution in [-0.2, 0) is 10.3 Å². The molecule has 3 N–H and O–H groups in total. The van der Waals surface area contributed by atoms with E-state index in [1.165, 1.54) is 0 Å². The maximum atomic E-state index is 10.8. The smallest absolute Gasteiger partial charge is 0.107 e. The fourth-order valence-corrected chi connectivity index (χ4v) is 3.32. The molecule has 0 aromatic carbocycles. The van der Waals surface area contributed by atoms with Crippen LogP contribution in [-0.4, -0.2) is 47.3 Å². The fraction of sp³-hybridized carbons (Fsp3) is 0.667. The van der Waals surface area contributed by atoms with Gasteiger partial charge in [-0.3, -0.25) is 9.88 Å². The Labute approximate surface area is 119 Å². The van der Waals surface area contributed by atoms with Gasteiger partial charge < -0.3 is 15.6 Å². The molecule has 0 atom stereocenters. The predicted molar refractivity (Wildman–Crippen MR) is 77.2 cm³/mol. The molecule has 5 heteroatoms. The zero-order valence-electron chi connectivity index (χ0n) is 11.8. The molecule has 110 valence electrons. The third-order valence-electron chi connectivity index (χ3n) is 4.61. The second kappa shape index (κ2) is 5.68. The predicted octanol–water partition coefficient (Wildman–Crippen LogP) is 1.13. The number of hydrogen-bond donors (Lipinski definition) is 2. The van der Waals surface area contributed by atoms with Gasteiger partial charge in [-0.05, 0) is 37.8 Å². The Morgan fingerprint density at radius 3 is 2.55 bits per heavy atom. The molecule has 1 aliphatic carbocycles. The normalized spacial score (nSPS) is 32.1. The Morgan fingerprint density at radius 2 is 1.95 bits per heavy atom. The first-order valence-electron chi connectivity index (χ1n) is 7.44. The molecule has 2 heterocycles. The summed E-state index contributed by atoms with van der Waals surface area (Å²) in [5.74, 6) is 0. The van der Waals surface area contributed by atoms with Crippen LogP contribution in [0.15, 0.2) is 18.3 Å². The molecule has 0 bridgehead atoms. The number of nitrogen functional groups attached to an aromatic ring is 1. The zero-order chi connectivity index (χ0) is 14.0. The first kappa shape index (κ1) is 13.8. The Kier molecular flexibility index (Phi) is 3.92. The molecule has 1 aliphatic heterocycles.